The Morgan fingerprint density at radius 3 is 2.67 bits per heavy atom. The third kappa shape index (κ3) is 5.66. The van der Waals surface area contributed by atoms with E-state index in [1.807, 2.05) is 6.92 Å². The minimum atomic E-state index is -3.15. The van der Waals surface area contributed by atoms with E-state index in [4.69, 9.17) is 0 Å². The molecule has 1 rings (SSSR count). The number of aromatic nitrogens is 1. The molecule has 6 nitrogen and oxygen atoms in total. The monoisotopic (exact) mass is 317 g/mol. The largest absolute Gasteiger partial charge is 0.369 e. The first-order chi connectivity index (χ1) is 9.89. The molecule has 0 radical (unpaired) electrons. The number of anilines is 1. The molecule has 118 valence electrons. The highest BCUT2D eigenvalue weighted by molar-refractivity contribution is 7.91. The number of amides is 1. The van der Waals surface area contributed by atoms with Crippen LogP contribution >= 0.6 is 0 Å². The lowest BCUT2D eigenvalue weighted by atomic mass is 10.2. The summed E-state index contributed by atoms with van der Waals surface area (Å²) in [6.45, 7) is 4.08. The first-order valence-electron chi connectivity index (χ1n) is 6.77. The van der Waals surface area contributed by atoms with Crippen molar-refractivity contribution in [3.8, 4) is 0 Å². The molecule has 0 aliphatic heterocycles. The number of halogens is 1. The van der Waals surface area contributed by atoms with Crippen molar-refractivity contribution < 1.29 is 17.6 Å². The minimum absolute atomic E-state index is 0.0151. The fourth-order valence-electron chi connectivity index (χ4n) is 1.56. The summed E-state index contributed by atoms with van der Waals surface area (Å²) in [5, 5.41) is 5.40. The van der Waals surface area contributed by atoms with E-state index in [0.717, 1.165) is 18.7 Å². The molecule has 0 bridgehead atoms. The molecule has 1 aromatic heterocycles. The molecular weight excluding hydrogens is 297 g/mol. The van der Waals surface area contributed by atoms with Crippen LogP contribution in [-0.4, -0.2) is 43.9 Å². The van der Waals surface area contributed by atoms with Gasteiger partial charge in [0.05, 0.1) is 17.5 Å². The SMILES string of the molecule is CCCNc1ncc(F)cc1C(=O)NCCS(=O)(=O)CC. The lowest BCUT2D eigenvalue weighted by molar-refractivity contribution is 0.0956. The van der Waals surface area contributed by atoms with Gasteiger partial charge in [-0.3, -0.25) is 4.79 Å². The number of sulfone groups is 1. The van der Waals surface area contributed by atoms with Gasteiger partial charge in [-0.2, -0.15) is 0 Å². The van der Waals surface area contributed by atoms with Crippen molar-refractivity contribution in [2.24, 2.45) is 0 Å². The van der Waals surface area contributed by atoms with Gasteiger partial charge in [0.15, 0.2) is 9.84 Å². The third-order valence-corrected chi connectivity index (χ3v) is 4.49. The Bertz CT molecular complexity index is 590. The van der Waals surface area contributed by atoms with Crippen LogP contribution in [0, 0.1) is 5.82 Å². The molecule has 0 unspecified atom stereocenters. The summed E-state index contributed by atoms with van der Waals surface area (Å²) in [7, 11) is -3.15. The predicted octanol–water partition coefficient (Wildman–Crippen LogP) is 1.21. The normalized spacial score (nSPS) is 11.2. The maximum absolute atomic E-state index is 13.2. The molecular formula is C13H20FN3O3S. The fraction of sp³-hybridized carbons (Fsp3) is 0.538. The van der Waals surface area contributed by atoms with Crippen LogP contribution in [0.4, 0.5) is 10.2 Å². The number of nitrogens with zero attached hydrogens (tertiary/aromatic N) is 1. The van der Waals surface area contributed by atoms with Crippen molar-refractivity contribution in [3.05, 3.63) is 23.6 Å². The van der Waals surface area contributed by atoms with Gasteiger partial charge in [-0.05, 0) is 12.5 Å². The van der Waals surface area contributed by atoms with Gasteiger partial charge in [-0.1, -0.05) is 13.8 Å². The molecule has 1 heterocycles. The first-order valence-corrected chi connectivity index (χ1v) is 8.59. The van der Waals surface area contributed by atoms with E-state index >= 15 is 0 Å². The van der Waals surface area contributed by atoms with Crippen LogP contribution in [0.25, 0.3) is 0 Å². The van der Waals surface area contributed by atoms with Crippen LogP contribution in [0.2, 0.25) is 0 Å². The Balaban J connectivity index is 2.74. The van der Waals surface area contributed by atoms with Crippen molar-refractivity contribution in [1.82, 2.24) is 10.3 Å². The van der Waals surface area contributed by atoms with Gasteiger partial charge in [0.25, 0.3) is 5.91 Å². The second kappa shape index (κ2) is 7.92. The van der Waals surface area contributed by atoms with Crippen LogP contribution in [0.3, 0.4) is 0 Å². The van der Waals surface area contributed by atoms with Gasteiger partial charge in [-0.15, -0.1) is 0 Å². The number of carbonyl (C=O) groups excluding carboxylic acids is 1. The average Bonchev–Trinajstić information content (AvgIpc) is 2.45. The summed E-state index contributed by atoms with van der Waals surface area (Å²) in [4.78, 5) is 15.8. The lowest BCUT2D eigenvalue weighted by Gasteiger charge is -2.11. The van der Waals surface area contributed by atoms with Crippen molar-refractivity contribution in [2.45, 2.75) is 20.3 Å². The molecule has 21 heavy (non-hydrogen) atoms. The number of pyridine rings is 1. The summed E-state index contributed by atoms with van der Waals surface area (Å²) in [5.41, 5.74) is 0.0670. The predicted molar refractivity (Wildman–Crippen MR) is 79.6 cm³/mol. The van der Waals surface area contributed by atoms with E-state index in [-0.39, 0.29) is 29.4 Å². The smallest absolute Gasteiger partial charge is 0.255 e. The van der Waals surface area contributed by atoms with E-state index in [2.05, 4.69) is 15.6 Å². The zero-order valence-electron chi connectivity index (χ0n) is 12.1. The highest BCUT2D eigenvalue weighted by Crippen LogP contribution is 2.13. The Hall–Kier alpha value is -1.70. The van der Waals surface area contributed by atoms with Crippen molar-refractivity contribution in [2.75, 3.05) is 29.9 Å². The number of nitrogens with one attached hydrogen (secondary N) is 2. The fourth-order valence-corrected chi connectivity index (χ4v) is 2.26. The van der Waals surface area contributed by atoms with Crippen LogP contribution in [-0.2, 0) is 9.84 Å². The van der Waals surface area contributed by atoms with E-state index in [1.54, 1.807) is 6.92 Å². The molecule has 0 saturated carbocycles. The number of carbonyl (C=O) groups is 1. The van der Waals surface area contributed by atoms with Gasteiger partial charge in [0.2, 0.25) is 0 Å². The number of hydrogen-bond donors (Lipinski definition) is 2. The van der Waals surface area contributed by atoms with Crippen LogP contribution in [0.15, 0.2) is 12.3 Å². The lowest BCUT2D eigenvalue weighted by Crippen LogP contribution is -2.30. The quantitative estimate of drug-likeness (QED) is 0.752. The van der Waals surface area contributed by atoms with Gasteiger partial charge in [-0.25, -0.2) is 17.8 Å². The Morgan fingerprint density at radius 1 is 1.33 bits per heavy atom. The highest BCUT2D eigenvalue weighted by atomic mass is 32.2. The minimum Gasteiger partial charge on any atom is -0.369 e. The molecule has 1 amide bonds. The van der Waals surface area contributed by atoms with Crippen molar-refractivity contribution >= 4 is 21.6 Å². The third-order valence-electron chi connectivity index (χ3n) is 2.78. The standard InChI is InChI=1S/C13H20FN3O3S/c1-3-5-15-12-11(8-10(14)9-17-12)13(18)16-6-7-21(19,20)4-2/h8-9H,3-7H2,1-2H3,(H,15,17)(H,16,18). The van der Waals surface area contributed by atoms with Crippen LogP contribution in [0.1, 0.15) is 30.6 Å². The Labute approximate surface area is 124 Å². The number of hydrogen-bond acceptors (Lipinski definition) is 5. The molecule has 0 spiro atoms. The summed E-state index contributed by atoms with van der Waals surface area (Å²) < 4.78 is 35.9. The van der Waals surface area contributed by atoms with Crippen LogP contribution in [0.5, 0.6) is 0 Å². The molecule has 0 aliphatic carbocycles. The van der Waals surface area contributed by atoms with Gasteiger partial charge in [0.1, 0.15) is 11.6 Å². The van der Waals surface area contributed by atoms with Crippen molar-refractivity contribution in [1.29, 1.82) is 0 Å². The summed E-state index contributed by atoms with van der Waals surface area (Å²) in [5.74, 6) is -1.01. The highest BCUT2D eigenvalue weighted by Gasteiger charge is 2.15. The second-order valence-electron chi connectivity index (χ2n) is 4.47. The van der Waals surface area contributed by atoms with Gasteiger partial charge >= 0.3 is 0 Å². The summed E-state index contributed by atoms with van der Waals surface area (Å²) in [6.07, 6.45) is 1.85. The Morgan fingerprint density at radius 2 is 2.05 bits per heavy atom. The summed E-state index contributed by atoms with van der Waals surface area (Å²) in [6, 6.07) is 1.08. The zero-order valence-corrected chi connectivity index (χ0v) is 13.0. The number of rotatable bonds is 8. The van der Waals surface area contributed by atoms with E-state index < -0.39 is 21.6 Å². The van der Waals surface area contributed by atoms with Crippen molar-refractivity contribution in [3.63, 3.8) is 0 Å². The average molecular weight is 317 g/mol. The summed E-state index contributed by atoms with van der Waals surface area (Å²) >= 11 is 0. The molecule has 0 aromatic carbocycles. The molecule has 2 N–H and O–H groups in total. The maximum atomic E-state index is 13.2. The Kier molecular flexibility index (Phi) is 6.54. The molecule has 0 aliphatic rings. The van der Waals surface area contributed by atoms with E-state index in [0.29, 0.717) is 6.54 Å². The van der Waals surface area contributed by atoms with Gasteiger partial charge in [0, 0.05) is 18.8 Å². The maximum Gasteiger partial charge on any atom is 0.255 e. The molecule has 8 heteroatoms. The second-order valence-corrected chi connectivity index (χ2v) is 6.94. The van der Waals surface area contributed by atoms with E-state index in [1.165, 1.54) is 0 Å². The molecule has 0 fully saturated rings. The molecule has 0 atom stereocenters. The molecule has 0 saturated heterocycles. The first kappa shape index (κ1) is 17.4. The molecule has 1 aromatic rings. The zero-order chi connectivity index (χ0) is 15.9. The van der Waals surface area contributed by atoms with Gasteiger partial charge < -0.3 is 10.6 Å². The topological polar surface area (TPSA) is 88.2 Å². The van der Waals surface area contributed by atoms with E-state index in [9.17, 15) is 17.6 Å². The van der Waals surface area contributed by atoms with Crippen LogP contribution < -0.4 is 10.6 Å².